The molecular weight excluding hydrogens is 126 g/mol. The van der Waals surface area contributed by atoms with Crippen LogP contribution in [0.1, 0.15) is 13.8 Å². The van der Waals surface area contributed by atoms with Crippen molar-refractivity contribution in [2.45, 2.75) is 20.0 Å². The standard InChI is InChI=1S/C5H13N3.C2H6/c1-8-3-2-7-5(6)4-8;1-2/h5,7H,2-4,6H2,1H3;1-2H3. The first-order valence-corrected chi connectivity index (χ1v) is 3.96. The molecular formula is C7H19N3. The fraction of sp³-hybridized carbons (Fsp3) is 1.00. The van der Waals surface area contributed by atoms with Crippen LogP contribution in [0.3, 0.4) is 0 Å². The lowest BCUT2D eigenvalue weighted by atomic mass is 10.3. The predicted molar refractivity (Wildman–Crippen MR) is 44.8 cm³/mol. The van der Waals surface area contributed by atoms with Gasteiger partial charge in [0.05, 0.1) is 6.17 Å². The minimum atomic E-state index is 0.189. The Morgan fingerprint density at radius 2 is 2.10 bits per heavy atom. The molecule has 3 N–H and O–H groups in total. The lowest BCUT2D eigenvalue weighted by molar-refractivity contribution is 0.242. The van der Waals surface area contributed by atoms with E-state index in [9.17, 15) is 0 Å². The maximum absolute atomic E-state index is 5.57. The largest absolute Gasteiger partial charge is 0.315 e. The Morgan fingerprint density at radius 3 is 2.40 bits per heavy atom. The van der Waals surface area contributed by atoms with Gasteiger partial charge in [-0.1, -0.05) is 13.8 Å². The van der Waals surface area contributed by atoms with Crippen molar-refractivity contribution in [3.8, 4) is 0 Å². The molecule has 62 valence electrons. The minimum Gasteiger partial charge on any atom is -0.315 e. The average molecular weight is 145 g/mol. The van der Waals surface area contributed by atoms with E-state index in [2.05, 4.69) is 17.3 Å². The number of nitrogens with one attached hydrogen (secondary N) is 1. The summed E-state index contributed by atoms with van der Waals surface area (Å²) in [6.07, 6.45) is 0.189. The van der Waals surface area contributed by atoms with Crippen molar-refractivity contribution in [1.29, 1.82) is 0 Å². The zero-order chi connectivity index (χ0) is 7.98. The predicted octanol–water partition coefficient (Wildman–Crippen LogP) is -0.168. The topological polar surface area (TPSA) is 41.3 Å². The number of hydrogen-bond donors (Lipinski definition) is 2. The van der Waals surface area contributed by atoms with Gasteiger partial charge in [-0.15, -0.1) is 0 Å². The summed E-state index contributed by atoms with van der Waals surface area (Å²) in [6, 6.07) is 0. The number of piperazine rings is 1. The Balaban J connectivity index is 0.000000371. The molecule has 0 aliphatic carbocycles. The lowest BCUT2D eigenvalue weighted by Crippen LogP contribution is -2.53. The van der Waals surface area contributed by atoms with Crippen LogP contribution in [0.4, 0.5) is 0 Å². The average Bonchev–Trinajstić information content (AvgIpc) is 1.91. The van der Waals surface area contributed by atoms with E-state index >= 15 is 0 Å². The monoisotopic (exact) mass is 145 g/mol. The van der Waals surface area contributed by atoms with Crippen LogP contribution in [0.25, 0.3) is 0 Å². The summed E-state index contributed by atoms with van der Waals surface area (Å²) in [4.78, 5) is 2.22. The first-order chi connectivity index (χ1) is 4.79. The first-order valence-electron chi connectivity index (χ1n) is 3.96. The molecule has 0 aromatic rings. The molecule has 1 rings (SSSR count). The summed E-state index contributed by atoms with van der Waals surface area (Å²) in [7, 11) is 2.08. The molecule has 0 aromatic heterocycles. The highest BCUT2D eigenvalue weighted by atomic mass is 15.2. The Hall–Kier alpha value is -0.120. The van der Waals surface area contributed by atoms with Crippen LogP contribution in [-0.4, -0.2) is 37.7 Å². The van der Waals surface area contributed by atoms with Crippen molar-refractivity contribution in [2.75, 3.05) is 26.7 Å². The molecule has 0 spiro atoms. The Morgan fingerprint density at radius 1 is 1.50 bits per heavy atom. The Kier molecular flexibility index (Phi) is 5.58. The van der Waals surface area contributed by atoms with Crippen LogP contribution in [0, 0.1) is 0 Å². The molecule has 10 heavy (non-hydrogen) atoms. The molecule has 0 aromatic carbocycles. The van der Waals surface area contributed by atoms with Gasteiger partial charge in [0.25, 0.3) is 0 Å². The van der Waals surface area contributed by atoms with Crippen LogP contribution < -0.4 is 11.1 Å². The molecule has 1 atom stereocenters. The second kappa shape index (κ2) is 5.65. The smallest absolute Gasteiger partial charge is 0.0677 e. The highest BCUT2D eigenvalue weighted by Crippen LogP contribution is 1.88. The lowest BCUT2D eigenvalue weighted by Gasteiger charge is -2.27. The molecule has 0 radical (unpaired) electrons. The molecule has 0 amide bonds. The zero-order valence-corrected chi connectivity index (χ0v) is 7.22. The van der Waals surface area contributed by atoms with Gasteiger partial charge in [0.2, 0.25) is 0 Å². The van der Waals surface area contributed by atoms with Crippen molar-refractivity contribution in [2.24, 2.45) is 5.73 Å². The maximum Gasteiger partial charge on any atom is 0.0677 e. The van der Waals surface area contributed by atoms with Gasteiger partial charge in [-0.25, -0.2) is 0 Å². The van der Waals surface area contributed by atoms with Crippen molar-refractivity contribution >= 4 is 0 Å². The van der Waals surface area contributed by atoms with Crippen molar-refractivity contribution in [1.82, 2.24) is 10.2 Å². The molecule has 3 heteroatoms. The quantitative estimate of drug-likeness (QED) is 0.497. The summed E-state index contributed by atoms with van der Waals surface area (Å²) < 4.78 is 0. The molecule has 0 bridgehead atoms. The fourth-order valence-corrected chi connectivity index (χ4v) is 0.932. The molecule has 1 fully saturated rings. The fourth-order valence-electron chi connectivity index (χ4n) is 0.932. The molecule has 1 saturated heterocycles. The van der Waals surface area contributed by atoms with Crippen molar-refractivity contribution < 1.29 is 0 Å². The number of rotatable bonds is 0. The van der Waals surface area contributed by atoms with Gasteiger partial charge >= 0.3 is 0 Å². The normalized spacial score (nSPS) is 27.0. The van der Waals surface area contributed by atoms with E-state index in [-0.39, 0.29) is 6.17 Å². The summed E-state index contributed by atoms with van der Waals surface area (Å²) in [5.41, 5.74) is 5.57. The number of likely N-dealkylation sites (N-methyl/N-ethyl adjacent to an activating group) is 1. The molecule has 0 saturated carbocycles. The molecule has 1 aliphatic heterocycles. The molecule has 3 nitrogen and oxygen atoms in total. The first kappa shape index (κ1) is 9.88. The van der Waals surface area contributed by atoms with Crippen LogP contribution in [-0.2, 0) is 0 Å². The van der Waals surface area contributed by atoms with E-state index in [0.29, 0.717) is 0 Å². The SMILES string of the molecule is CC.CN1CCNC(N)C1. The van der Waals surface area contributed by atoms with Gasteiger partial charge in [0.15, 0.2) is 0 Å². The summed E-state index contributed by atoms with van der Waals surface area (Å²) in [5, 5.41) is 3.15. The van der Waals surface area contributed by atoms with E-state index in [1.54, 1.807) is 0 Å². The third kappa shape index (κ3) is 3.82. The van der Waals surface area contributed by atoms with Crippen LogP contribution in [0.15, 0.2) is 0 Å². The second-order valence-corrected chi connectivity index (χ2v) is 2.32. The Bertz CT molecular complexity index is 67.3. The number of nitrogens with zero attached hydrogens (tertiary/aromatic N) is 1. The number of hydrogen-bond acceptors (Lipinski definition) is 3. The van der Waals surface area contributed by atoms with Gasteiger partial charge in [-0.05, 0) is 7.05 Å². The van der Waals surface area contributed by atoms with Crippen LogP contribution in [0.5, 0.6) is 0 Å². The second-order valence-electron chi connectivity index (χ2n) is 2.32. The van der Waals surface area contributed by atoms with Crippen LogP contribution in [0.2, 0.25) is 0 Å². The van der Waals surface area contributed by atoms with Gasteiger partial charge in [-0.2, -0.15) is 0 Å². The summed E-state index contributed by atoms with van der Waals surface area (Å²) in [5.74, 6) is 0. The van der Waals surface area contributed by atoms with Crippen molar-refractivity contribution in [3.05, 3.63) is 0 Å². The highest BCUT2D eigenvalue weighted by molar-refractivity contribution is 4.70. The maximum atomic E-state index is 5.57. The van der Waals surface area contributed by atoms with Crippen molar-refractivity contribution in [3.63, 3.8) is 0 Å². The van der Waals surface area contributed by atoms with E-state index < -0.39 is 0 Å². The number of nitrogens with two attached hydrogens (primary N) is 1. The Labute approximate surface area is 63.6 Å². The third-order valence-electron chi connectivity index (χ3n) is 1.41. The highest BCUT2D eigenvalue weighted by Gasteiger charge is 2.10. The summed E-state index contributed by atoms with van der Waals surface area (Å²) >= 11 is 0. The minimum absolute atomic E-state index is 0.189. The molecule has 1 heterocycles. The van der Waals surface area contributed by atoms with Crippen LogP contribution >= 0.6 is 0 Å². The molecule has 1 unspecified atom stereocenters. The van der Waals surface area contributed by atoms with E-state index in [1.165, 1.54) is 0 Å². The van der Waals surface area contributed by atoms with Gasteiger partial charge in [-0.3, -0.25) is 5.32 Å². The van der Waals surface area contributed by atoms with E-state index in [4.69, 9.17) is 5.73 Å². The summed E-state index contributed by atoms with van der Waals surface area (Å²) in [6.45, 7) is 7.12. The third-order valence-corrected chi connectivity index (χ3v) is 1.41. The van der Waals surface area contributed by atoms with E-state index in [0.717, 1.165) is 19.6 Å². The van der Waals surface area contributed by atoms with E-state index in [1.807, 2.05) is 13.8 Å². The molecule has 1 aliphatic rings. The zero-order valence-electron chi connectivity index (χ0n) is 7.22. The van der Waals surface area contributed by atoms with Gasteiger partial charge < -0.3 is 10.6 Å². The van der Waals surface area contributed by atoms with Gasteiger partial charge in [0.1, 0.15) is 0 Å². The van der Waals surface area contributed by atoms with Gasteiger partial charge in [0, 0.05) is 19.6 Å².